The highest BCUT2D eigenvalue weighted by Gasteiger charge is 2.38. The summed E-state index contributed by atoms with van der Waals surface area (Å²) in [6.07, 6.45) is -3.43. The first-order valence-electron chi connectivity index (χ1n) is 6.29. The van der Waals surface area contributed by atoms with Crippen LogP contribution in [-0.2, 0) is 16.2 Å². The molecule has 0 aliphatic heterocycles. The van der Waals surface area contributed by atoms with E-state index >= 15 is 0 Å². The minimum absolute atomic E-state index is 0.219. The number of hydrogen-bond donors (Lipinski definition) is 1. The highest BCUT2D eigenvalue weighted by Crippen LogP contribution is 2.31. The van der Waals surface area contributed by atoms with Crippen LogP contribution in [0.5, 0.6) is 0 Å². The molecule has 0 bridgehead atoms. The van der Waals surface area contributed by atoms with E-state index in [9.17, 15) is 21.6 Å². The minimum Gasteiger partial charge on any atom is -0.329 e. The molecule has 1 aromatic heterocycles. The van der Waals surface area contributed by atoms with Crippen molar-refractivity contribution in [3.05, 3.63) is 30.2 Å². The molecule has 6 nitrogen and oxygen atoms in total. The van der Waals surface area contributed by atoms with Gasteiger partial charge in [-0.05, 0) is 37.1 Å². The Bertz CT molecular complexity index is 780. The van der Waals surface area contributed by atoms with E-state index in [1.165, 1.54) is 24.3 Å². The van der Waals surface area contributed by atoms with Crippen LogP contribution in [0.1, 0.15) is 18.7 Å². The van der Waals surface area contributed by atoms with E-state index in [1.54, 1.807) is 0 Å². The van der Waals surface area contributed by atoms with E-state index in [0.29, 0.717) is 18.5 Å². The Balaban J connectivity index is 1.78. The fourth-order valence-electron chi connectivity index (χ4n) is 1.77. The summed E-state index contributed by atoms with van der Waals surface area (Å²) < 4.78 is 67.2. The van der Waals surface area contributed by atoms with Gasteiger partial charge in [-0.2, -0.15) is 18.2 Å². The first kappa shape index (κ1) is 14.8. The summed E-state index contributed by atoms with van der Waals surface area (Å²) in [5.74, 6) is -1.65. The van der Waals surface area contributed by atoms with Crippen LogP contribution in [0.15, 0.2) is 28.8 Å². The van der Waals surface area contributed by atoms with Gasteiger partial charge in [0, 0.05) is 11.3 Å². The van der Waals surface area contributed by atoms with Crippen LogP contribution < -0.4 is 4.72 Å². The molecule has 0 unspecified atom stereocenters. The van der Waals surface area contributed by atoms with Gasteiger partial charge in [0.15, 0.2) is 0 Å². The Hall–Kier alpha value is -2.10. The van der Waals surface area contributed by atoms with Gasteiger partial charge in [0.2, 0.25) is 15.8 Å². The van der Waals surface area contributed by atoms with Crippen molar-refractivity contribution < 1.29 is 26.1 Å². The molecule has 0 radical (unpaired) electrons. The number of hydrogen-bond acceptors (Lipinski definition) is 5. The average Bonchev–Trinajstić information content (AvgIpc) is 3.17. The van der Waals surface area contributed by atoms with E-state index in [4.69, 9.17) is 0 Å². The largest absolute Gasteiger partial charge is 0.471 e. The van der Waals surface area contributed by atoms with E-state index < -0.39 is 22.1 Å². The Morgan fingerprint density at radius 1 is 1.18 bits per heavy atom. The molecule has 1 fully saturated rings. The van der Waals surface area contributed by atoms with Gasteiger partial charge in [-0.25, -0.2) is 8.42 Å². The molecule has 1 heterocycles. The molecular formula is C12H10F3N3O3S. The second kappa shape index (κ2) is 4.97. The zero-order chi connectivity index (χ0) is 16.0. The highest BCUT2D eigenvalue weighted by atomic mass is 32.2. The maximum absolute atomic E-state index is 12.4. The minimum atomic E-state index is -4.70. The second-order valence-electron chi connectivity index (χ2n) is 4.84. The lowest BCUT2D eigenvalue weighted by molar-refractivity contribution is -0.159. The summed E-state index contributed by atoms with van der Waals surface area (Å²) in [5, 5.41) is 2.89. The topological polar surface area (TPSA) is 85.1 Å². The maximum Gasteiger partial charge on any atom is 0.471 e. The molecule has 1 aromatic carbocycles. The smallest absolute Gasteiger partial charge is 0.329 e. The number of nitrogens with one attached hydrogen (secondary N) is 1. The molecule has 22 heavy (non-hydrogen) atoms. The van der Waals surface area contributed by atoms with Gasteiger partial charge < -0.3 is 4.52 Å². The number of sulfonamides is 1. The second-order valence-corrected chi connectivity index (χ2v) is 6.81. The predicted molar refractivity (Wildman–Crippen MR) is 70.3 cm³/mol. The average molecular weight is 333 g/mol. The standard InChI is InChI=1S/C12H10F3N3O3S/c13-12(14,15)11-16-10(17-21-11)7-1-3-8(4-2-7)18-22(19,20)9-5-6-9/h1-4,9,18H,5-6H2. The number of benzene rings is 1. The van der Waals surface area contributed by atoms with Crippen molar-refractivity contribution in [1.82, 2.24) is 10.1 Å². The summed E-state index contributed by atoms with van der Waals surface area (Å²) in [5.41, 5.74) is 0.615. The van der Waals surface area contributed by atoms with Gasteiger partial charge in [0.1, 0.15) is 0 Å². The first-order valence-corrected chi connectivity index (χ1v) is 7.83. The molecule has 1 aliphatic carbocycles. The molecule has 0 amide bonds. The van der Waals surface area contributed by atoms with Crippen LogP contribution in [0.25, 0.3) is 11.4 Å². The molecule has 0 spiro atoms. The van der Waals surface area contributed by atoms with Crippen molar-refractivity contribution in [2.24, 2.45) is 0 Å². The summed E-state index contributed by atoms with van der Waals surface area (Å²) >= 11 is 0. The van der Waals surface area contributed by atoms with Gasteiger partial charge in [-0.1, -0.05) is 5.16 Å². The van der Waals surface area contributed by atoms with E-state index in [1.807, 2.05) is 0 Å². The number of aromatic nitrogens is 2. The third-order valence-electron chi connectivity index (χ3n) is 3.03. The number of anilines is 1. The van der Waals surface area contributed by atoms with Crippen molar-refractivity contribution in [3.8, 4) is 11.4 Å². The number of halogens is 3. The zero-order valence-electron chi connectivity index (χ0n) is 11.0. The first-order chi connectivity index (χ1) is 10.3. The predicted octanol–water partition coefficient (Wildman–Crippen LogP) is 2.66. The van der Waals surface area contributed by atoms with Crippen LogP contribution >= 0.6 is 0 Å². The SMILES string of the molecule is O=S(=O)(Nc1ccc(-c2noc(C(F)(F)F)n2)cc1)C1CC1. The molecule has 118 valence electrons. The van der Waals surface area contributed by atoms with Crippen molar-refractivity contribution in [2.75, 3.05) is 4.72 Å². The Labute approximate surface area is 123 Å². The lowest BCUT2D eigenvalue weighted by atomic mass is 10.2. The van der Waals surface area contributed by atoms with E-state index in [-0.39, 0.29) is 16.6 Å². The molecule has 10 heteroatoms. The molecule has 1 N–H and O–H groups in total. The molecule has 0 saturated heterocycles. The molecular weight excluding hydrogens is 323 g/mol. The van der Waals surface area contributed by atoms with Crippen molar-refractivity contribution in [2.45, 2.75) is 24.3 Å². The molecule has 2 aromatic rings. The highest BCUT2D eigenvalue weighted by molar-refractivity contribution is 7.93. The fraction of sp³-hybridized carbons (Fsp3) is 0.333. The summed E-state index contributed by atoms with van der Waals surface area (Å²) in [4.78, 5) is 3.25. The van der Waals surface area contributed by atoms with Gasteiger partial charge >= 0.3 is 12.1 Å². The third-order valence-corrected chi connectivity index (χ3v) is 4.90. The van der Waals surface area contributed by atoms with E-state index in [0.717, 1.165) is 0 Å². The van der Waals surface area contributed by atoms with Crippen LogP contribution in [0.3, 0.4) is 0 Å². The number of rotatable bonds is 4. The number of nitrogens with zero attached hydrogens (tertiary/aromatic N) is 2. The van der Waals surface area contributed by atoms with Crippen molar-refractivity contribution >= 4 is 15.7 Å². The van der Waals surface area contributed by atoms with Crippen LogP contribution in [-0.4, -0.2) is 23.8 Å². The van der Waals surface area contributed by atoms with Crippen LogP contribution in [0, 0.1) is 0 Å². The van der Waals surface area contributed by atoms with Crippen LogP contribution in [0.2, 0.25) is 0 Å². The molecule has 1 saturated carbocycles. The zero-order valence-corrected chi connectivity index (χ0v) is 11.8. The molecule has 3 rings (SSSR count). The van der Waals surface area contributed by atoms with Gasteiger partial charge in [-0.15, -0.1) is 0 Å². The third kappa shape index (κ3) is 3.06. The maximum atomic E-state index is 12.4. The van der Waals surface area contributed by atoms with Crippen molar-refractivity contribution in [1.29, 1.82) is 0 Å². The summed E-state index contributed by atoms with van der Waals surface area (Å²) in [6.45, 7) is 0. The normalized spacial score (nSPS) is 15.8. The van der Waals surface area contributed by atoms with Gasteiger partial charge in [0.05, 0.1) is 5.25 Å². The lowest BCUT2D eigenvalue weighted by Crippen LogP contribution is -2.17. The Morgan fingerprint density at radius 2 is 1.82 bits per heavy atom. The summed E-state index contributed by atoms with van der Waals surface area (Å²) in [6, 6.07) is 5.68. The molecule has 1 aliphatic rings. The Kier molecular flexibility index (Phi) is 3.35. The van der Waals surface area contributed by atoms with E-state index in [2.05, 4.69) is 19.4 Å². The molecule has 0 atom stereocenters. The quantitative estimate of drug-likeness (QED) is 0.930. The summed E-state index contributed by atoms with van der Waals surface area (Å²) in [7, 11) is -3.38. The van der Waals surface area contributed by atoms with Crippen molar-refractivity contribution in [3.63, 3.8) is 0 Å². The number of alkyl halides is 3. The fourth-order valence-corrected chi connectivity index (χ4v) is 3.16. The Morgan fingerprint density at radius 3 is 2.32 bits per heavy atom. The van der Waals surface area contributed by atoms with Crippen LogP contribution in [0.4, 0.5) is 18.9 Å². The monoisotopic (exact) mass is 333 g/mol. The van der Waals surface area contributed by atoms with Gasteiger partial charge in [-0.3, -0.25) is 4.72 Å². The van der Waals surface area contributed by atoms with Gasteiger partial charge in [0.25, 0.3) is 0 Å². The lowest BCUT2D eigenvalue weighted by Gasteiger charge is -2.06.